The average Bonchev–Trinajstić information content (AvgIpc) is 2.16. The molecule has 1 atom stereocenters. The molecule has 1 fully saturated rings. The predicted octanol–water partition coefficient (Wildman–Crippen LogP) is -0.715. The number of rotatable bonds is 4. The van der Waals surface area contributed by atoms with Crippen molar-refractivity contribution in [1.29, 1.82) is 0 Å². The van der Waals surface area contributed by atoms with Gasteiger partial charge in [0.1, 0.15) is 0 Å². The van der Waals surface area contributed by atoms with E-state index < -0.39 is 0 Å². The van der Waals surface area contributed by atoms with E-state index in [1.54, 1.807) is 0 Å². The lowest BCUT2D eigenvalue weighted by atomic mass is 10.2. The summed E-state index contributed by atoms with van der Waals surface area (Å²) in [5, 5.41) is 2.97. The van der Waals surface area contributed by atoms with E-state index in [1.165, 1.54) is 4.90 Å². The summed E-state index contributed by atoms with van der Waals surface area (Å²) in [5.41, 5.74) is 0. The molecule has 15 heavy (non-hydrogen) atoms. The summed E-state index contributed by atoms with van der Waals surface area (Å²) in [4.78, 5) is 26.7. The summed E-state index contributed by atoms with van der Waals surface area (Å²) >= 11 is 0. The number of hydrogen-bond acceptors (Lipinski definition) is 4. The van der Waals surface area contributed by atoms with Gasteiger partial charge in [0, 0.05) is 12.6 Å². The van der Waals surface area contributed by atoms with E-state index >= 15 is 0 Å². The van der Waals surface area contributed by atoms with Gasteiger partial charge in [0.2, 0.25) is 11.8 Å². The summed E-state index contributed by atoms with van der Waals surface area (Å²) in [6.45, 7) is 5.93. The van der Waals surface area contributed by atoms with Crippen LogP contribution in [0.15, 0.2) is 0 Å². The van der Waals surface area contributed by atoms with Gasteiger partial charge in [0.05, 0.1) is 13.1 Å². The quantitative estimate of drug-likeness (QED) is 0.627. The highest BCUT2D eigenvalue weighted by molar-refractivity contribution is 5.99. The third-order valence-corrected chi connectivity index (χ3v) is 2.64. The molecule has 0 aromatic carbocycles. The Morgan fingerprint density at radius 3 is 2.27 bits per heavy atom. The molecule has 0 radical (unpaired) electrons. The van der Waals surface area contributed by atoms with Gasteiger partial charge in [-0.2, -0.15) is 0 Å². The van der Waals surface area contributed by atoms with Crippen LogP contribution < -0.4 is 5.32 Å². The van der Waals surface area contributed by atoms with Crippen LogP contribution in [0.25, 0.3) is 0 Å². The number of carbonyl (C=O) groups is 2. The highest BCUT2D eigenvalue weighted by Crippen LogP contribution is 2.08. The molecule has 2 amide bonds. The number of carbonyl (C=O) groups excluding carboxylic acids is 2. The zero-order valence-corrected chi connectivity index (χ0v) is 9.62. The van der Waals surface area contributed by atoms with Gasteiger partial charge < -0.3 is 5.32 Å². The van der Waals surface area contributed by atoms with E-state index in [1.807, 2.05) is 25.8 Å². The standard InChI is InChI=1S/C10H19N3O2/c1-4-12-6-9(14)13(10(15)7-12)8(2)5-11-3/h8,11H,4-7H2,1-3H3. The first-order valence-corrected chi connectivity index (χ1v) is 5.32. The smallest absolute Gasteiger partial charge is 0.243 e. The van der Waals surface area contributed by atoms with Gasteiger partial charge in [-0.1, -0.05) is 6.92 Å². The van der Waals surface area contributed by atoms with Crippen molar-refractivity contribution in [2.45, 2.75) is 19.9 Å². The Bertz CT molecular complexity index is 237. The molecule has 0 aliphatic carbocycles. The third kappa shape index (κ3) is 2.76. The average molecular weight is 213 g/mol. The monoisotopic (exact) mass is 213 g/mol. The molecule has 0 bridgehead atoms. The minimum atomic E-state index is -0.0872. The minimum Gasteiger partial charge on any atom is -0.318 e. The lowest BCUT2D eigenvalue weighted by Crippen LogP contribution is -2.58. The first-order chi connectivity index (χ1) is 7.10. The summed E-state index contributed by atoms with van der Waals surface area (Å²) in [7, 11) is 1.81. The first-order valence-electron chi connectivity index (χ1n) is 5.32. The largest absolute Gasteiger partial charge is 0.318 e. The lowest BCUT2D eigenvalue weighted by molar-refractivity contribution is -0.153. The molecule has 5 heteroatoms. The van der Waals surface area contributed by atoms with Crippen LogP contribution in [0, 0.1) is 0 Å². The van der Waals surface area contributed by atoms with Gasteiger partial charge in [0.25, 0.3) is 0 Å². The third-order valence-electron chi connectivity index (χ3n) is 2.64. The number of piperazine rings is 1. The molecule has 1 aliphatic heterocycles. The van der Waals surface area contributed by atoms with Gasteiger partial charge >= 0.3 is 0 Å². The Kier molecular flexibility index (Phi) is 4.23. The molecule has 86 valence electrons. The molecule has 1 rings (SSSR count). The molecule has 5 nitrogen and oxygen atoms in total. The first kappa shape index (κ1) is 12.1. The molecular formula is C10H19N3O2. The molecule has 1 N–H and O–H groups in total. The van der Waals surface area contributed by atoms with Gasteiger partial charge in [-0.15, -0.1) is 0 Å². The number of hydrogen-bond donors (Lipinski definition) is 1. The van der Waals surface area contributed by atoms with Crippen molar-refractivity contribution < 1.29 is 9.59 Å². The second-order valence-corrected chi connectivity index (χ2v) is 3.87. The van der Waals surface area contributed by atoms with E-state index in [2.05, 4.69) is 5.32 Å². The maximum atomic E-state index is 11.7. The highest BCUT2D eigenvalue weighted by atomic mass is 16.2. The van der Waals surface area contributed by atoms with Crippen molar-refractivity contribution in [2.24, 2.45) is 0 Å². The SMILES string of the molecule is CCN1CC(=O)N(C(C)CNC)C(=O)C1. The zero-order valence-electron chi connectivity index (χ0n) is 9.62. The Labute approximate surface area is 90.4 Å². The van der Waals surface area contributed by atoms with Crippen LogP contribution in [-0.2, 0) is 9.59 Å². The van der Waals surface area contributed by atoms with Gasteiger partial charge in [-0.25, -0.2) is 0 Å². The Balaban J connectivity index is 2.66. The Hall–Kier alpha value is -0.940. The molecule has 1 saturated heterocycles. The van der Waals surface area contributed by atoms with E-state index in [0.29, 0.717) is 19.6 Å². The van der Waals surface area contributed by atoms with Crippen molar-refractivity contribution in [1.82, 2.24) is 15.1 Å². The van der Waals surface area contributed by atoms with E-state index in [-0.39, 0.29) is 17.9 Å². The molecular weight excluding hydrogens is 194 g/mol. The van der Waals surface area contributed by atoms with Crippen LogP contribution in [0.5, 0.6) is 0 Å². The van der Waals surface area contributed by atoms with Crippen molar-refractivity contribution in [3.05, 3.63) is 0 Å². The van der Waals surface area contributed by atoms with Gasteiger partial charge in [-0.05, 0) is 20.5 Å². The van der Waals surface area contributed by atoms with E-state index in [9.17, 15) is 9.59 Å². The highest BCUT2D eigenvalue weighted by Gasteiger charge is 2.32. The fraction of sp³-hybridized carbons (Fsp3) is 0.800. The normalized spacial score (nSPS) is 20.9. The number of nitrogens with one attached hydrogen (secondary N) is 1. The van der Waals surface area contributed by atoms with Gasteiger partial charge in [-0.3, -0.25) is 19.4 Å². The van der Waals surface area contributed by atoms with Crippen LogP contribution in [0.3, 0.4) is 0 Å². The maximum Gasteiger partial charge on any atom is 0.243 e. The van der Waals surface area contributed by atoms with E-state index in [4.69, 9.17) is 0 Å². The van der Waals surface area contributed by atoms with Crippen molar-refractivity contribution >= 4 is 11.8 Å². The Morgan fingerprint density at radius 1 is 1.33 bits per heavy atom. The molecule has 1 aliphatic rings. The second-order valence-electron chi connectivity index (χ2n) is 3.87. The number of likely N-dealkylation sites (N-methyl/N-ethyl adjacent to an activating group) is 2. The summed E-state index contributed by atoms with van der Waals surface area (Å²) in [6.07, 6.45) is 0. The molecule has 1 heterocycles. The minimum absolute atomic E-state index is 0.0611. The summed E-state index contributed by atoms with van der Waals surface area (Å²) < 4.78 is 0. The topological polar surface area (TPSA) is 52.7 Å². The fourth-order valence-electron chi connectivity index (χ4n) is 1.83. The van der Waals surface area contributed by atoms with Gasteiger partial charge in [0.15, 0.2) is 0 Å². The van der Waals surface area contributed by atoms with Crippen LogP contribution >= 0.6 is 0 Å². The molecule has 1 unspecified atom stereocenters. The summed E-state index contributed by atoms with van der Waals surface area (Å²) in [6, 6.07) is -0.0611. The molecule has 0 aromatic rings. The number of amides is 2. The Morgan fingerprint density at radius 2 is 1.87 bits per heavy atom. The molecule has 0 aromatic heterocycles. The zero-order chi connectivity index (χ0) is 11.4. The second kappa shape index (κ2) is 5.23. The van der Waals surface area contributed by atoms with E-state index in [0.717, 1.165) is 6.54 Å². The van der Waals surface area contributed by atoms with Crippen molar-refractivity contribution in [2.75, 3.05) is 33.2 Å². The summed E-state index contributed by atoms with van der Waals surface area (Å²) in [5.74, 6) is -0.174. The van der Waals surface area contributed by atoms with Crippen LogP contribution in [0.2, 0.25) is 0 Å². The van der Waals surface area contributed by atoms with Crippen molar-refractivity contribution in [3.8, 4) is 0 Å². The lowest BCUT2D eigenvalue weighted by Gasteiger charge is -2.35. The van der Waals surface area contributed by atoms with Crippen LogP contribution in [0.4, 0.5) is 0 Å². The predicted molar refractivity (Wildman–Crippen MR) is 57.4 cm³/mol. The number of imide groups is 1. The molecule has 0 saturated carbocycles. The maximum absolute atomic E-state index is 11.7. The molecule has 0 spiro atoms. The van der Waals surface area contributed by atoms with Crippen LogP contribution in [-0.4, -0.2) is 60.9 Å². The fourth-order valence-corrected chi connectivity index (χ4v) is 1.83. The van der Waals surface area contributed by atoms with Crippen molar-refractivity contribution in [3.63, 3.8) is 0 Å². The number of nitrogens with zero attached hydrogens (tertiary/aromatic N) is 2. The van der Waals surface area contributed by atoms with Crippen LogP contribution in [0.1, 0.15) is 13.8 Å².